The van der Waals surface area contributed by atoms with Gasteiger partial charge in [0.15, 0.2) is 0 Å². The fourth-order valence-corrected chi connectivity index (χ4v) is 3.54. The van der Waals surface area contributed by atoms with Crippen molar-refractivity contribution in [2.75, 3.05) is 0 Å². The lowest BCUT2D eigenvalue weighted by Crippen LogP contribution is -2.09. The summed E-state index contributed by atoms with van der Waals surface area (Å²) in [7, 11) is 0. The lowest BCUT2D eigenvalue weighted by Gasteiger charge is -2.12. The van der Waals surface area contributed by atoms with Gasteiger partial charge in [0.25, 0.3) is 0 Å². The summed E-state index contributed by atoms with van der Waals surface area (Å²) in [4.78, 5) is 13.5. The Morgan fingerprint density at radius 3 is 2.75 bits per heavy atom. The highest BCUT2D eigenvalue weighted by Crippen LogP contribution is 2.27. The van der Waals surface area contributed by atoms with Crippen molar-refractivity contribution in [3.63, 3.8) is 0 Å². The molecule has 4 rings (SSSR count). The number of aromatic nitrogens is 4. The number of nitrogens with zero attached hydrogens (tertiary/aromatic N) is 4. The van der Waals surface area contributed by atoms with Gasteiger partial charge in [0.05, 0.1) is 6.54 Å². The first-order chi connectivity index (χ1) is 13.4. The minimum atomic E-state index is -0.394. The number of hydrogen-bond donors (Lipinski definition) is 0. The van der Waals surface area contributed by atoms with Crippen LogP contribution in [-0.4, -0.2) is 20.2 Å². The largest absolute Gasteiger partial charge is 0.423 e. The zero-order valence-corrected chi connectivity index (χ0v) is 16.6. The van der Waals surface area contributed by atoms with Crippen LogP contribution in [-0.2, 0) is 6.54 Å². The molecule has 0 aliphatic carbocycles. The molecule has 7 heteroatoms. The first-order valence-electron chi connectivity index (χ1n) is 9.02. The smallest absolute Gasteiger partial charge is 0.336 e. The first kappa shape index (κ1) is 18.4. The van der Waals surface area contributed by atoms with Gasteiger partial charge < -0.3 is 4.42 Å². The molecule has 2 aromatic heterocycles. The van der Waals surface area contributed by atoms with Gasteiger partial charge in [-0.3, -0.25) is 0 Å². The average Bonchev–Trinajstić information content (AvgIpc) is 3.09. The molecule has 0 aliphatic heterocycles. The second-order valence-electron chi connectivity index (χ2n) is 7.10. The van der Waals surface area contributed by atoms with Crippen molar-refractivity contribution in [2.45, 2.75) is 33.2 Å². The minimum absolute atomic E-state index is 0.316. The third kappa shape index (κ3) is 3.55. The zero-order valence-electron chi connectivity index (χ0n) is 15.8. The van der Waals surface area contributed by atoms with Crippen LogP contribution >= 0.6 is 11.6 Å². The molecular weight excluding hydrogens is 376 g/mol. The number of hydrogen-bond acceptors (Lipinski definition) is 5. The van der Waals surface area contributed by atoms with Crippen LogP contribution in [0.1, 0.15) is 36.5 Å². The maximum Gasteiger partial charge on any atom is 0.336 e. The van der Waals surface area contributed by atoms with E-state index in [0.717, 1.165) is 22.1 Å². The van der Waals surface area contributed by atoms with Crippen LogP contribution in [0.4, 0.5) is 0 Å². The molecule has 2 aromatic carbocycles. The normalized spacial score (nSPS) is 11.5. The zero-order chi connectivity index (χ0) is 19.8. The molecule has 2 heterocycles. The second kappa shape index (κ2) is 7.20. The van der Waals surface area contributed by atoms with Gasteiger partial charge >= 0.3 is 5.63 Å². The Morgan fingerprint density at radius 2 is 2.00 bits per heavy atom. The number of aryl methyl sites for hydroxylation is 1. The van der Waals surface area contributed by atoms with Crippen LogP contribution < -0.4 is 5.63 Å². The van der Waals surface area contributed by atoms with Crippen LogP contribution in [0, 0.1) is 6.92 Å². The maximum atomic E-state index is 12.0. The highest BCUT2D eigenvalue weighted by Gasteiger charge is 2.13. The summed E-state index contributed by atoms with van der Waals surface area (Å²) in [6.07, 6.45) is 0. The molecule has 28 heavy (non-hydrogen) atoms. The van der Waals surface area contributed by atoms with Crippen LogP contribution in [0.5, 0.6) is 0 Å². The molecule has 0 aliphatic rings. The average molecular weight is 395 g/mol. The Morgan fingerprint density at radius 1 is 1.18 bits per heavy atom. The molecule has 0 N–H and O–H groups in total. The predicted molar refractivity (Wildman–Crippen MR) is 109 cm³/mol. The molecule has 0 bridgehead atoms. The quantitative estimate of drug-likeness (QED) is 0.473. The van der Waals surface area contributed by atoms with Gasteiger partial charge in [-0.2, -0.15) is 4.80 Å². The Hall–Kier alpha value is -2.99. The number of halogens is 1. The SMILES string of the molecule is Cc1cc2oc(=O)cc(Cn3nnc(-c4cccc(Cl)c4)n3)c2cc1C(C)C. The van der Waals surface area contributed by atoms with Crippen molar-refractivity contribution in [2.24, 2.45) is 0 Å². The second-order valence-corrected chi connectivity index (χ2v) is 7.54. The fourth-order valence-electron chi connectivity index (χ4n) is 3.35. The molecular formula is C21H19ClN4O2. The van der Waals surface area contributed by atoms with Gasteiger partial charge in [0.2, 0.25) is 5.82 Å². The van der Waals surface area contributed by atoms with Crippen LogP contribution in [0.3, 0.4) is 0 Å². The molecule has 0 spiro atoms. The Labute approximate surface area is 166 Å². The van der Waals surface area contributed by atoms with Crippen molar-refractivity contribution < 1.29 is 4.42 Å². The topological polar surface area (TPSA) is 73.8 Å². The van der Waals surface area contributed by atoms with Gasteiger partial charge in [-0.05, 0) is 59.0 Å². The van der Waals surface area contributed by atoms with E-state index in [1.165, 1.54) is 16.4 Å². The molecule has 0 unspecified atom stereocenters. The first-order valence-corrected chi connectivity index (χ1v) is 9.39. The predicted octanol–water partition coefficient (Wildman–Crippen LogP) is 4.58. The summed E-state index contributed by atoms with van der Waals surface area (Å²) in [6, 6.07) is 12.8. The molecule has 0 radical (unpaired) electrons. The Bertz CT molecular complexity index is 1230. The molecule has 0 saturated heterocycles. The van der Waals surface area contributed by atoms with E-state index in [-0.39, 0.29) is 0 Å². The van der Waals surface area contributed by atoms with Crippen LogP contribution in [0.25, 0.3) is 22.4 Å². The lowest BCUT2D eigenvalue weighted by atomic mass is 9.95. The van der Waals surface area contributed by atoms with Gasteiger partial charge in [0, 0.05) is 22.0 Å². The summed E-state index contributed by atoms with van der Waals surface area (Å²) < 4.78 is 5.41. The molecule has 0 saturated carbocycles. The number of rotatable bonds is 4. The Kier molecular flexibility index (Phi) is 4.73. The molecule has 0 fully saturated rings. The van der Waals surface area contributed by atoms with Crippen molar-refractivity contribution in [1.82, 2.24) is 20.2 Å². The van der Waals surface area contributed by atoms with Gasteiger partial charge in [-0.15, -0.1) is 10.2 Å². The van der Waals surface area contributed by atoms with Crippen molar-refractivity contribution in [3.8, 4) is 11.4 Å². The lowest BCUT2D eigenvalue weighted by molar-refractivity contribution is 0.545. The maximum absolute atomic E-state index is 12.0. The number of tetrazole rings is 1. The summed E-state index contributed by atoms with van der Waals surface area (Å²) in [5.74, 6) is 0.844. The highest BCUT2D eigenvalue weighted by atomic mass is 35.5. The monoisotopic (exact) mass is 394 g/mol. The number of benzene rings is 2. The molecule has 4 aromatic rings. The van der Waals surface area contributed by atoms with E-state index in [0.29, 0.717) is 28.9 Å². The summed E-state index contributed by atoms with van der Waals surface area (Å²) in [5, 5.41) is 14.2. The molecule has 6 nitrogen and oxygen atoms in total. The van der Waals surface area contributed by atoms with E-state index in [1.807, 2.05) is 25.1 Å². The van der Waals surface area contributed by atoms with Crippen molar-refractivity contribution in [1.29, 1.82) is 0 Å². The molecule has 142 valence electrons. The van der Waals surface area contributed by atoms with Gasteiger partial charge in [-0.25, -0.2) is 4.79 Å². The van der Waals surface area contributed by atoms with E-state index in [2.05, 4.69) is 35.3 Å². The third-order valence-electron chi connectivity index (χ3n) is 4.69. The summed E-state index contributed by atoms with van der Waals surface area (Å²) in [5.41, 5.74) is 4.07. The minimum Gasteiger partial charge on any atom is -0.423 e. The van der Waals surface area contributed by atoms with Crippen molar-refractivity contribution in [3.05, 3.63) is 74.6 Å². The van der Waals surface area contributed by atoms with Crippen molar-refractivity contribution >= 4 is 22.6 Å². The summed E-state index contributed by atoms with van der Waals surface area (Å²) in [6.45, 7) is 6.63. The molecule has 0 atom stereocenters. The van der Waals surface area contributed by atoms with E-state index in [4.69, 9.17) is 16.0 Å². The van der Waals surface area contributed by atoms with Crippen LogP contribution in [0.2, 0.25) is 5.02 Å². The Balaban J connectivity index is 1.76. The van der Waals surface area contributed by atoms with E-state index >= 15 is 0 Å². The summed E-state index contributed by atoms with van der Waals surface area (Å²) >= 11 is 6.04. The number of fused-ring (bicyclic) bond motifs is 1. The highest BCUT2D eigenvalue weighted by molar-refractivity contribution is 6.30. The standard InChI is InChI=1S/C21H19ClN4O2/c1-12(2)17-10-18-15(9-20(27)28-19(18)7-13(17)3)11-26-24-21(23-25-26)14-5-4-6-16(22)8-14/h4-10,12H,11H2,1-3H3. The van der Waals surface area contributed by atoms with Gasteiger partial charge in [0.1, 0.15) is 5.58 Å². The van der Waals surface area contributed by atoms with E-state index in [1.54, 1.807) is 12.1 Å². The van der Waals surface area contributed by atoms with E-state index in [9.17, 15) is 4.79 Å². The van der Waals surface area contributed by atoms with E-state index < -0.39 is 5.63 Å². The third-order valence-corrected chi connectivity index (χ3v) is 4.92. The fraction of sp³-hybridized carbons (Fsp3) is 0.238. The molecule has 0 amide bonds. The van der Waals surface area contributed by atoms with Gasteiger partial charge in [-0.1, -0.05) is 37.6 Å². The van der Waals surface area contributed by atoms with Crippen LogP contribution in [0.15, 0.2) is 51.7 Å².